The van der Waals surface area contributed by atoms with E-state index in [1.807, 2.05) is 133 Å². The van der Waals surface area contributed by atoms with Gasteiger partial charge in [0.25, 0.3) is 0 Å². The molecule has 82 heavy (non-hydrogen) atoms. The Labute approximate surface area is 487 Å². The smallest absolute Gasteiger partial charge is 0.491 e. The van der Waals surface area contributed by atoms with Gasteiger partial charge in [0.15, 0.2) is 11.6 Å². The number of fused-ring (bicyclic) bond motifs is 6. The Morgan fingerprint density at radius 2 is 1.10 bits per heavy atom. The van der Waals surface area contributed by atoms with Crippen LogP contribution in [0.1, 0.15) is 107 Å². The van der Waals surface area contributed by atoms with Crippen molar-refractivity contribution in [1.82, 2.24) is 68.2 Å². The summed E-state index contributed by atoms with van der Waals surface area (Å²) in [4.78, 5) is 42.6. The van der Waals surface area contributed by atoms with Gasteiger partial charge in [0, 0.05) is 58.6 Å². The van der Waals surface area contributed by atoms with Gasteiger partial charge in [0.05, 0.1) is 79.8 Å². The van der Waals surface area contributed by atoms with Crippen molar-refractivity contribution in [3.05, 3.63) is 89.7 Å². The number of rotatable bonds is 14. The quantitative estimate of drug-likeness (QED) is 0.0730. The molecule has 2 atom stereocenters. The number of hydrogen-bond donors (Lipinski definition) is 0. The summed E-state index contributed by atoms with van der Waals surface area (Å²) in [6, 6.07) is 12.5. The SMILES string of the molecule is CCOC(=O)C(C)Cn1cc(-c2ccc3c(c2)OCCn2cc(-c4nc(C)nn4C(C)C)nc2-3)cn1.CCOC(=O)C(C)Cn1cc(B2OC(C)(C)C(C)(C)O2)cn1.Cc1nc(-c2cn3c(n2)-c2ccc(Br)cc2OCC3)n(C(C)C)n1. The molecule has 6 aromatic heterocycles. The average molecular weight is 1190 g/mol. The van der Waals surface area contributed by atoms with Crippen LogP contribution in [-0.4, -0.2) is 125 Å². The summed E-state index contributed by atoms with van der Waals surface area (Å²) in [5.41, 5.74) is 5.60. The van der Waals surface area contributed by atoms with Gasteiger partial charge in [-0.1, -0.05) is 35.8 Å². The molecule has 0 spiro atoms. The molecule has 2 aromatic carbocycles. The fraction of sp³-hybridized carbons (Fsp3) is 0.483. The first kappa shape index (κ1) is 59.2. The molecule has 0 radical (unpaired) electrons. The topological polar surface area (TPSA) is 222 Å². The maximum Gasteiger partial charge on any atom is 0.498 e. The van der Waals surface area contributed by atoms with Crippen LogP contribution in [0.2, 0.25) is 0 Å². The third-order valence-electron chi connectivity index (χ3n) is 14.5. The van der Waals surface area contributed by atoms with Crippen molar-refractivity contribution < 1.29 is 37.8 Å². The van der Waals surface area contributed by atoms with Crippen molar-refractivity contribution in [2.45, 2.75) is 146 Å². The zero-order valence-corrected chi connectivity index (χ0v) is 51.0. The molecule has 3 aliphatic rings. The molecule has 11 rings (SSSR count). The summed E-state index contributed by atoms with van der Waals surface area (Å²) in [6.45, 7) is 31.8. The van der Waals surface area contributed by atoms with Crippen LogP contribution >= 0.6 is 15.9 Å². The molecular formula is C58H74BBrN14O8. The fourth-order valence-corrected chi connectivity index (χ4v) is 9.87. The number of ether oxygens (including phenoxy) is 4. The lowest BCUT2D eigenvalue weighted by molar-refractivity contribution is -0.148. The van der Waals surface area contributed by atoms with Crippen molar-refractivity contribution in [1.29, 1.82) is 0 Å². The average Bonchev–Trinajstić information content (AvgIpc) is 3.33. The first-order valence-corrected chi connectivity index (χ1v) is 28.8. The van der Waals surface area contributed by atoms with Crippen LogP contribution in [0.15, 0.2) is 78.1 Å². The van der Waals surface area contributed by atoms with E-state index in [1.165, 1.54) is 0 Å². The molecule has 22 nitrogen and oxygen atoms in total. The number of halogens is 1. The minimum absolute atomic E-state index is 0.182. The van der Waals surface area contributed by atoms with Crippen molar-refractivity contribution in [2.75, 3.05) is 26.4 Å². The molecule has 24 heteroatoms. The number of aromatic nitrogens is 14. The molecule has 0 saturated carbocycles. The normalized spacial score (nSPS) is 15.5. The zero-order chi connectivity index (χ0) is 58.8. The van der Waals surface area contributed by atoms with E-state index in [4.69, 9.17) is 38.2 Å². The van der Waals surface area contributed by atoms with E-state index in [9.17, 15) is 9.59 Å². The van der Waals surface area contributed by atoms with E-state index in [0.717, 1.165) is 96.6 Å². The molecule has 1 fully saturated rings. The Balaban J connectivity index is 0.000000155. The Bertz CT molecular complexity index is 3540. The van der Waals surface area contributed by atoms with E-state index >= 15 is 0 Å². The maximum atomic E-state index is 12.0. The first-order valence-electron chi connectivity index (χ1n) is 28.0. The number of esters is 2. The Hall–Kier alpha value is -7.44. The third-order valence-corrected chi connectivity index (χ3v) is 15.0. The van der Waals surface area contributed by atoms with Crippen molar-refractivity contribution in [2.24, 2.45) is 11.8 Å². The van der Waals surface area contributed by atoms with Gasteiger partial charge in [-0.25, -0.2) is 29.3 Å². The van der Waals surface area contributed by atoms with Crippen LogP contribution in [0.25, 0.3) is 56.9 Å². The van der Waals surface area contributed by atoms with Gasteiger partial charge in [-0.05, 0) is 119 Å². The largest absolute Gasteiger partial charge is 0.498 e. The summed E-state index contributed by atoms with van der Waals surface area (Å²) in [5.74, 6) is 5.49. The van der Waals surface area contributed by atoms with Gasteiger partial charge in [-0.2, -0.15) is 20.4 Å². The summed E-state index contributed by atoms with van der Waals surface area (Å²) in [6.07, 6.45) is 11.4. The van der Waals surface area contributed by atoms with Gasteiger partial charge < -0.3 is 37.4 Å². The monoisotopic (exact) mass is 1180 g/mol. The van der Waals surface area contributed by atoms with Gasteiger partial charge in [-0.15, -0.1) is 0 Å². The second-order valence-corrected chi connectivity index (χ2v) is 23.1. The van der Waals surface area contributed by atoms with Crippen LogP contribution in [-0.2, 0) is 54.6 Å². The van der Waals surface area contributed by atoms with Crippen molar-refractivity contribution in [3.8, 4) is 68.4 Å². The maximum absolute atomic E-state index is 12.0. The van der Waals surface area contributed by atoms with Gasteiger partial charge >= 0.3 is 19.1 Å². The minimum Gasteiger partial charge on any atom is -0.491 e. The number of benzene rings is 2. The van der Waals surface area contributed by atoms with Gasteiger partial charge in [-0.3, -0.25) is 19.0 Å². The molecule has 8 aromatic rings. The minimum atomic E-state index is -0.434. The highest BCUT2D eigenvalue weighted by Crippen LogP contribution is 2.39. The highest BCUT2D eigenvalue weighted by molar-refractivity contribution is 9.10. The molecule has 0 N–H and O–H groups in total. The van der Waals surface area contributed by atoms with Crippen molar-refractivity contribution in [3.63, 3.8) is 0 Å². The lowest BCUT2D eigenvalue weighted by Gasteiger charge is -2.32. The summed E-state index contributed by atoms with van der Waals surface area (Å²) in [5, 5.41) is 17.8. The van der Waals surface area contributed by atoms with E-state index in [1.54, 1.807) is 28.7 Å². The number of hydrogen-bond acceptors (Lipinski definition) is 16. The van der Waals surface area contributed by atoms with E-state index in [-0.39, 0.29) is 47.1 Å². The number of carbonyl (C=O) groups is 2. The summed E-state index contributed by atoms with van der Waals surface area (Å²) in [7, 11) is -0.434. The Kier molecular flexibility index (Phi) is 17.7. The van der Waals surface area contributed by atoms with Crippen LogP contribution in [0, 0.1) is 25.7 Å². The van der Waals surface area contributed by atoms with Crippen LogP contribution in [0.3, 0.4) is 0 Å². The lowest BCUT2D eigenvalue weighted by atomic mass is 9.82. The third kappa shape index (κ3) is 12.9. The Morgan fingerprint density at radius 3 is 1.60 bits per heavy atom. The molecule has 0 bridgehead atoms. The fourth-order valence-electron chi connectivity index (χ4n) is 9.53. The summed E-state index contributed by atoms with van der Waals surface area (Å²) >= 11 is 3.50. The molecule has 2 unspecified atom stereocenters. The van der Waals surface area contributed by atoms with E-state index in [0.29, 0.717) is 46.1 Å². The van der Waals surface area contributed by atoms with Gasteiger partial charge in [0.2, 0.25) is 0 Å². The standard InChI is InChI=1S/C26H31N7O3.C17H18BrN5O.C15H25BN2O4/c1-6-35-26(34)17(4)13-32-14-20(12-27-32)19-7-8-21-23(11-19)36-10-9-31-15-22(29-24(21)31)25-28-18(5)30-33(25)16(2)3;1-10(2)23-17(19-11(3)21-23)14-9-22-6-7-24-15-8-12(18)4-5-13(15)16(22)20-14;1-7-20-13(19)11(2)9-18-10-12(8-17-18)16-21-14(3,4)15(5,6)22-16/h7-8,11-12,14-17H,6,9-10,13H2,1-5H3;4-5,8-10H,6-7H2,1-3H3;8,10-11H,7,9H2,1-6H3. The molecule has 0 aliphatic carbocycles. The predicted octanol–water partition coefficient (Wildman–Crippen LogP) is 9.39. The highest BCUT2D eigenvalue weighted by atomic mass is 79.9. The van der Waals surface area contributed by atoms with Crippen LogP contribution in [0.4, 0.5) is 0 Å². The van der Waals surface area contributed by atoms with Crippen molar-refractivity contribution >= 4 is 40.4 Å². The number of imidazole rings is 2. The molecule has 0 amide bonds. The predicted molar refractivity (Wildman–Crippen MR) is 313 cm³/mol. The number of aryl methyl sites for hydroxylation is 2. The Morgan fingerprint density at radius 1 is 0.622 bits per heavy atom. The molecule has 434 valence electrons. The van der Waals surface area contributed by atoms with E-state index < -0.39 is 7.12 Å². The van der Waals surface area contributed by atoms with E-state index in [2.05, 4.69) is 83.1 Å². The first-order chi connectivity index (χ1) is 39.0. The van der Waals surface area contributed by atoms with Crippen LogP contribution < -0.4 is 14.9 Å². The summed E-state index contributed by atoms with van der Waals surface area (Å²) < 4.78 is 46.6. The van der Waals surface area contributed by atoms with Crippen LogP contribution in [0.5, 0.6) is 11.5 Å². The molecule has 1 saturated heterocycles. The lowest BCUT2D eigenvalue weighted by Crippen LogP contribution is -2.41. The molecular weight excluding hydrogens is 1110 g/mol. The zero-order valence-electron chi connectivity index (χ0n) is 49.4. The second kappa shape index (κ2) is 24.6. The molecule has 3 aliphatic heterocycles. The number of nitrogens with zero attached hydrogens (tertiary/aromatic N) is 14. The second-order valence-electron chi connectivity index (χ2n) is 22.2. The highest BCUT2D eigenvalue weighted by Gasteiger charge is 2.52. The van der Waals surface area contributed by atoms with Gasteiger partial charge in [0.1, 0.15) is 59.4 Å². The number of carbonyl (C=O) groups excluding carboxylic acids is 2. The molecule has 9 heterocycles.